The first-order chi connectivity index (χ1) is 7.91. The van der Waals surface area contributed by atoms with Crippen molar-refractivity contribution in [2.45, 2.75) is 23.8 Å². The molecule has 0 aliphatic carbocycles. The van der Waals surface area contributed by atoms with Crippen LogP contribution in [0.4, 0.5) is 0 Å². The summed E-state index contributed by atoms with van der Waals surface area (Å²) < 4.78 is 26.6. The molecule has 0 amide bonds. The van der Waals surface area contributed by atoms with Crippen LogP contribution in [0.3, 0.4) is 0 Å². The molecule has 1 saturated heterocycles. The summed E-state index contributed by atoms with van der Waals surface area (Å²) in [6, 6.07) is 1.29. The molecule has 1 atom stereocenters. The fourth-order valence-corrected chi connectivity index (χ4v) is 5.48. The fraction of sp³-hybridized carbons (Fsp3) is 0.556. The molecule has 0 bridgehead atoms. The Morgan fingerprint density at radius 3 is 2.71 bits per heavy atom. The summed E-state index contributed by atoms with van der Waals surface area (Å²) in [5, 5.41) is 0. The zero-order valence-corrected chi connectivity index (χ0v) is 12.0. The highest BCUT2D eigenvalue weighted by Gasteiger charge is 2.31. The van der Waals surface area contributed by atoms with Crippen molar-refractivity contribution >= 4 is 44.6 Å². The minimum Gasteiger partial charge on any atom is -0.327 e. The first-order valence-electron chi connectivity index (χ1n) is 5.12. The number of sulfonamides is 1. The molecule has 1 aromatic heterocycles. The first kappa shape index (κ1) is 13.6. The van der Waals surface area contributed by atoms with Crippen molar-refractivity contribution in [1.29, 1.82) is 0 Å². The van der Waals surface area contributed by atoms with E-state index in [9.17, 15) is 8.42 Å². The number of nitrogens with zero attached hydrogens (tertiary/aromatic N) is 1. The van der Waals surface area contributed by atoms with E-state index in [2.05, 4.69) is 0 Å². The molecule has 96 valence electrons. The number of rotatable bonds is 2. The molecule has 17 heavy (non-hydrogen) atoms. The average Bonchev–Trinajstić information content (AvgIpc) is 2.58. The Bertz CT molecular complexity index is 515. The van der Waals surface area contributed by atoms with Gasteiger partial charge in [-0.3, -0.25) is 0 Å². The number of hydrogen-bond acceptors (Lipinski definition) is 4. The van der Waals surface area contributed by atoms with Crippen molar-refractivity contribution < 1.29 is 8.42 Å². The Morgan fingerprint density at radius 2 is 2.18 bits per heavy atom. The van der Waals surface area contributed by atoms with E-state index in [1.165, 1.54) is 10.4 Å². The smallest absolute Gasteiger partial charge is 0.245 e. The van der Waals surface area contributed by atoms with Gasteiger partial charge in [0.1, 0.15) is 9.23 Å². The molecule has 2 heterocycles. The van der Waals surface area contributed by atoms with Crippen LogP contribution in [0.5, 0.6) is 0 Å². The lowest BCUT2D eigenvalue weighted by molar-refractivity contribution is 0.316. The zero-order chi connectivity index (χ0) is 12.6. The molecule has 0 aromatic carbocycles. The lowest BCUT2D eigenvalue weighted by Crippen LogP contribution is -2.45. The van der Waals surface area contributed by atoms with E-state index in [4.69, 9.17) is 28.9 Å². The lowest BCUT2D eigenvalue weighted by atomic mass is 10.1. The van der Waals surface area contributed by atoms with Crippen LogP contribution in [0.25, 0.3) is 0 Å². The van der Waals surface area contributed by atoms with Crippen LogP contribution in [0.15, 0.2) is 11.0 Å². The van der Waals surface area contributed by atoms with Gasteiger partial charge in [0.2, 0.25) is 10.0 Å². The normalized spacial score (nSPS) is 22.9. The summed E-state index contributed by atoms with van der Waals surface area (Å²) in [6.45, 7) is 0.825. The van der Waals surface area contributed by atoms with Crippen LogP contribution in [0.2, 0.25) is 8.67 Å². The highest BCUT2D eigenvalue weighted by Crippen LogP contribution is 2.36. The third-order valence-electron chi connectivity index (χ3n) is 2.66. The first-order valence-corrected chi connectivity index (χ1v) is 8.13. The predicted octanol–water partition coefficient (Wildman–Crippen LogP) is 2.17. The minimum absolute atomic E-state index is 0.0864. The van der Waals surface area contributed by atoms with Crippen LogP contribution in [-0.4, -0.2) is 31.9 Å². The van der Waals surface area contributed by atoms with Gasteiger partial charge in [-0.25, -0.2) is 8.42 Å². The maximum atomic E-state index is 12.3. The second-order valence-electron chi connectivity index (χ2n) is 3.95. The third kappa shape index (κ3) is 2.77. The SMILES string of the molecule is NC1CCCN(S(=O)(=O)c2cc(Cl)sc2Cl)C1. The molecular formula is C9H12Cl2N2O2S2. The molecule has 1 aliphatic heterocycles. The summed E-state index contributed by atoms with van der Waals surface area (Å²) >= 11 is 12.7. The molecule has 2 rings (SSSR count). The minimum atomic E-state index is -3.56. The number of piperidine rings is 1. The molecule has 1 unspecified atom stereocenters. The van der Waals surface area contributed by atoms with Crippen LogP contribution < -0.4 is 5.73 Å². The standard InChI is InChI=1S/C9H12Cl2N2O2S2/c10-8-4-7(9(11)16-8)17(14,15)13-3-1-2-6(12)5-13/h4,6H,1-3,5,12H2. The predicted molar refractivity (Wildman–Crippen MR) is 70.3 cm³/mol. The lowest BCUT2D eigenvalue weighted by Gasteiger charge is -2.29. The number of halogens is 2. The Kier molecular flexibility index (Phi) is 4.02. The van der Waals surface area contributed by atoms with Gasteiger partial charge in [-0.15, -0.1) is 11.3 Å². The topological polar surface area (TPSA) is 63.4 Å². The van der Waals surface area contributed by atoms with Gasteiger partial charge in [0.05, 0.1) is 4.34 Å². The van der Waals surface area contributed by atoms with Crippen LogP contribution in [0.1, 0.15) is 12.8 Å². The van der Waals surface area contributed by atoms with Crippen molar-refractivity contribution in [3.05, 3.63) is 14.7 Å². The molecule has 2 N–H and O–H groups in total. The van der Waals surface area contributed by atoms with Gasteiger partial charge in [0.25, 0.3) is 0 Å². The molecule has 1 aromatic rings. The van der Waals surface area contributed by atoms with Gasteiger partial charge in [-0.2, -0.15) is 4.31 Å². The summed E-state index contributed by atoms with van der Waals surface area (Å²) in [4.78, 5) is 0.0864. The van der Waals surface area contributed by atoms with Gasteiger partial charge in [-0.1, -0.05) is 23.2 Å². The van der Waals surface area contributed by atoms with Crippen molar-refractivity contribution in [1.82, 2.24) is 4.31 Å². The maximum Gasteiger partial charge on any atom is 0.245 e. The molecular weight excluding hydrogens is 303 g/mol. The van der Waals surface area contributed by atoms with Gasteiger partial charge < -0.3 is 5.73 Å². The quantitative estimate of drug-likeness (QED) is 0.910. The van der Waals surface area contributed by atoms with Gasteiger partial charge in [0, 0.05) is 19.1 Å². The Morgan fingerprint density at radius 1 is 1.47 bits per heavy atom. The van der Waals surface area contributed by atoms with Crippen LogP contribution in [0, 0.1) is 0 Å². The molecule has 0 spiro atoms. The average molecular weight is 315 g/mol. The van der Waals surface area contributed by atoms with Crippen molar-refractivity contribution in [3.8, 4) is 0 Å². The van der Waals surface area contributed by atoms with Crippen LogP contribution >= 0.6 is 34.5 Å². The summed E-state index contributed by atoms with van der Waals surface area (Å²) in [5.41, 5.74) is 5.78. The second-order valence-corrected chi connectivity index (χ2v) is 8.15. The van der Waals surface area contributed by atoms with E-state index >= 15 is 0 Å². The summed E-state index contributed by atoms with van der Waals surface area (Å²) in [7, 11) is -3.56. The molecule has 0 saturated carbocycles. The Balaban J connectivity index is 2.33. The number of nitrogens with two attached hydrogens (primary N) is 1. The van der Waals surface area contributed by atoms with Gasteiger partial charge in [-0.05, 0) is 18.9 Å². The zero-order valence-electron chi connectivity index (χ0n) is 8.90. The number of thiophene rings is 1. The largest absolute Gasteiger partial charge is 0.327 e. The summed E-state index contributed by atoms with van der Waals surface area (Å²) in [5.74, 6) is 0. The fourth-order valence-electron chi connectivity index (χ4n) is 1.83. The molecule has 1 aliphatic rings. The van der Waals surface area contributed by atoms with E-state index in [0.29, 0.717) is 17.4 Å². The van der Waals surface area contributed by atoms with Crippen molar-refractivity contribution in [3.63, 3.8) is 0 Å². The number of hydrogen-bond donors (Lipinski definition) is 1. The van der Waals surface area contributed by atoms with Crippen LogP contribution in [-0.2, 0) is 10.0 Å². The Hall–Kier alpha value is 0.150. The molecule has 1 fully saturated rings. The molecule has 8 heteroatoms. The third-order valence-corrected chi connectivity index (χ3v) is 6.28. The van der Waals surface area contributed by atoms with E-state index < -0.39 is 10.0 Å². The summed E-state index contributed by atoms with van der Waals surface area (Å²) in [6.07, 6.45) is 1.63. The van der Waals surface area contributed by atoms with Gasteiger partial charge in [0.15, 0.2) is 0 Å². The monoisotopic (exact) mass is 314 g/mol. The highest BCUT2D eigenvalue weighted by atomic mass is 35.5. The van der Waals surface area contributed by atoms with Crippen molar-refractivity contribution in [2.75, 3.05) is 13.1 Å². The van der Waals surface area contributed by atoms with E-state index in [-0.39, 0.29) is 15.3 Å². The van der Waals surface area contributed by atoms with Gasteiger partial charge >= 0.3 is 0 Å². The van der Waals surface area contributed by atoms with E-state index in [1.54, 1.807) is 0 Å². The van der Waals surface area contributed by atoms with Crippen molar-refractivity contribution in [2.24, 2.45) is 5.73 Å². The molecule has 0 radical (unpaired) electrons. The second kappa shape index (κ2) is 5.03. The maximum absolute atomic E-state index is 12.3. The molecule has 4 nitrogen and oxygen atoms in total. The highest BCUT2D eigenvalue weighted by molar-refractivity contribution is 7.89. The Labute approximate surface area is 114 Å². The van der Waals surface area contributed by atoms with E-state index in [0.717, 1.165) is 24.2 Å². The van der Waals surface area contributed by atoms with E-state index in [1.807, 2.05) is 0 Å².